The largest absolute Gasteiger partial charge is 0.481 e. The number of ether oxygens (including phenoxy) is 1. The highest BCUT2D eigenvalue weighted by atomic mass is 16.5. The molecule has 0 aromatic heterocycles. The van der Waals surface area contributed by atoms with E-state index in [1.807, 2.05) is 60.7 Å². The number of benzene rings is 3. The van der Waals surface area contributed by atoms with Crippen molar-refractivity contribution in [2.75, 3.05) is 16.8 Å². The summed E-state index contributed by atoms with van der Waals surface area (Å²) in [6.45, 7) is 0.451. The van der Waals surface area contributed by atoms with Crippen LogP contribution in [0.2, 0.25) is 0 Å². The molecule has 29 heavy (non-hydrogen) atoms. The molecule has 0 spiro atoms. The Morgan fingerprint density at radius 3 is 2.48 bits per heavy atom. The average Bonchev–Trinajstić information content (AvgIpc) is 2.76. The van der Waals surface area contributed by atoms with E-state index in [1.54, 1.807) is 29.2 Å². The van der Waals surface area contributed by atoms with Crippen molar-refractivity contribution in [2.45, 2.75) is 6.54 Å². The van der Waals surface area contributed by atoms with Gasteiger partial charge in [-0.1, -0.05) is 60.7 Å². The van der Waals surface area contributed by atoms with E-state index < -0.39 is 0 Å². The predicted molar refractivity (Wildman–Crippen MR) is 114 cm³/mol. The number of anilines is 2. The fourth-order valence-electron chi connectivity index (χ4n) is 3.14. The van der Waals surface area contributed by atoms with E-state index in [2.05, 4.69) is 5.32 Å². The topological polar surface area (TPSA) is 58.6 Å². The Morgan fingerprint density at radius 2 is 1.72 bits per heavy atom. The van der Waals surface area contributed by atoms with E-state index in [0.29, 0.717) is 23.7 Å². The van der Waals surface area contributed by atoms with Crippen LogP contribution in [0.3, 0.4) is 0 Å². The van der Waals surface area contributed by atoms with Gasteiger partial charge < -0.3 is 15.0 Å². The van der Waals surface area contributed by atoms with Crippen molar-refractivity contribution in [3.63, 3.8) is 0 Å². The Balaban J connectivity index is 1.48. The molecule has 1 heterocycles. The minimum absolute atomic E-state index is 0.0227. The summed E-state index contributed by atoms with van der Waals surface area (Å²) < 4.78 is 5.59. The number of hydrogen-bond donors (Lipinski definition) is 1. The van der Waals surface area contributed by atoms with Crippen LogP contribution < -0.4 is 15.0 Å². The van der Waals surface area contributed by atoms with Gasteiger partial charge in [0.25, 0.3) is 5.91 Å². The van der Waals surface area contributed by atoms with Crippen molar-refractivity contribution < 1.29 is 14.3 Å². The maximum atomic E-state index is 12.4. The lowest BCUT2D eigenvalue weighted by Crippen LogP contribution is -2.38. The van der Waals surface area contributed by atoms with Gasteiger partial charge in [-0.25, -0.2) is 0 Å². The Bertz CT molecular complexity index is 1050. The molecule has 1 N–H and O–H groups in total. The predicted octanol–water partition coefficient (Wildman–Crippen LogP) is 4.26. The summed E-state index contributed by atoms with van der Waals surface area (Å²) in [6, 6.07) is 24.7. The number of rotatable bonds is 5. The van der Waals surface area contributed by atoms with Crippen LogP contribution in [0.25, 0.3) is 6.08 Å². The van der Waals surface area contributed by atoms with Gasteiger partial charge in [0.05, 0.1) is 12.2 Å². The number of hydrogen-bond acceptors (Lipinski definition) is 3. The quantitative estimate of drug-likeness (QED) is 0.669. The van der Waals surface area contributed by atoms with Gasteiger partial charge in [0, 0.05) is 17.8 Å². The van der Waals surface area contributed by atoms with Crippen LogP contribution >= 0.6 is 0 Å². The molecule has 2 amide bonds. The second-order valence-corrected chi connectivity index (χ2v) is 6.67. The first kappa shape index (κ1) is 18.5. The third-order valence-corrected chi connectivity index (χ3v) is 4.58. The zero-order valence-electron chi connectivity index (χ0n) is 15.7. The number of nitrogens with one attached hydrogen (secondary N) is 1. The number of carbonyl (C=O) groups excluding carboxylic acids is 2. The van der Waals surface area contributed by atoms with Crippen LogP contribution in [-0.2, 0) is 16.1 Å². The highest BCUT2D eigenvalue weighted by molar-refractivity contribution is 6.03. The molecule has 0 saturated heterocycles. The molecule has 0 unspecified atom stereocenters. The number of fused-ring (bicyclic) bond motifs is 1. The third-order valence-electron chi connectivity index (χ3n) is 4.58. The van der Waals surface area contributed by atoms with Gasteiger partial charge in [0.2, 0.25) is 5.91 Å². The molecule has 3 aromatic carbocycles. The van der Waals surface area contributed by atoms with Crippen LogP contribution in [0.15, 0.2) is 84.9 Å². The lowest BCUT2D eigenvalue weighted by molar-refractivity contribution is -0.121. The van der Waals surface area contributed by atoms with Gasteiger partial charge in [0.1, 0.15) is 5.75 Å². The summed E-state index contributed by atoms with van der Waals surface area (Å²) in [5.41, 5.74) is 3.30. The first-order valence-corrected chi connectivity index (χ1v) is 9.34. The van der Waals surface area contributed by atoms with Crippen LogP contribution in [0.4, 0.5) is 11.4 Å². The summed E-state index contributed by atoms with van der Waals surface area (Å²) in [5.74, 6) is 0.246. The summed E-state index contributed by atoms with van der Waals surface area (Å²) in [7, 11) is 0. The molecule has 5 heteroatoms. The van der Waals surface area contributed by atoms with E-state index in [1.165, 1.54) is 6.08 Å². The van der Waals surface area contributed by atoms with Crippen molar-refractivity contribution in [3.05, 3.63) is 96.1 Å². The lowest BCUT2D eigenvalue weighted by atomic mass is 10.1. The Morgan fingerprint density at radius 1 is 1.00 bits per heavy atom. The molecule has 1 aliphatic rings. The summed E-state index contributed by atoms with van der Waals surface area (Å²) >= 11 is 0. The molecule has 3 aromatic rings. The van der Waals surface area contributed by atoms with Crippen LogP contribution in [-0.4, -0.2) is 18.4 Å². The van der Waals surface area contributed by atoms with Crippen LogP contribution in [0, 0.1) is 0 Å². The van der Waals surface area contributed by atoms with E-state index >= 15 is 0 Å². The molecule has 0 aliphatic carbocycles. The maximum Gasteiger partial charge on any atom is 0.265 e. The molecule has 0 radical (unpaired) electrons. The molecule has 144 valence electrons. The number of carbonyl (C=O) groups is 2. The molecular formula is C24H20N2O3. The maximum absolute atomic E-state index is 12.4. The van der Waals surface area contributed by atoms with Crippen molar-refractivity contribution >= 4 is 29.3 Å². The van der Waals surface area contributed by atoms with E-state index in [0.717, 1.165) is 11.1 Å². The summed E-state index contributed by atoms with van der Waals surface area (Å²) in [4.78, 5) is 26.3. The SMILES string of the molecule is O=C(/C=C/c1ccccc1)Nc1ccc2c(c1)OCC(=O)N2Cc1ccccc1. The van der Waals surface area contributed by atoms with Crippen molar-refractivity contribution in [3.8, 4) is 5.75 Å². The Labute approximate surface area is 169 Å². The zero-order valence-corrected chi connectivity index (χ0v) is 15.7. The molecule has 0 fully saturated rings. The first-order chi connectivity index (χ1) is 14.2. The minimum Gasteiger partial charge on any atom is -0.481 e. The zero-order chi connectivity index (χ0) is 20.1. The van der Waals surface area contributed by atoms with Gasteiger partial charge in [-0.2, -0.15) is 0 Å². The molecule has 1 aliphatic heterocycles. The number of nitrogens with zero attached hydrogens (tertiary/aromatic N) is 1. The molecule has 0 atom stereocenters. The van der Waals surface area contributed by atoms with E-state index in [-0.39, 0.29) is 18.4 Å². The molecule has 0 saturated carbocycles. The van der Waals surface area contributed by atoms with Gasteiger partial charge in [0.15, 0.2) is 6.61 Å². The molecule has 0 bridgehead atoms. The van der Waals surface area contributed by atoms with Crippen LogP contribution in [0.1, 0.15) is 11.1 Å². The van der Waals surface area contributed by atoms with Gasteiger partial charge in [-0.05, 0) is 29.3 Å². The normalized spacial score (nSPS) is 13.1. The fourth-order valence-corrected chi connectivity index (χ4v) is 3.14. The molecule has 4 rings (SSSR count). The average molecular weight is 384 g/mol. The van der Waals surface area contributed by atoms with Gasteiger partial charge in [-0.15, -0.1) is 0 Å². The van der Waals surface area contributed by atoms with Crippen molar-refractivity contribution in [1.82, 2.24) is 0 Å². The minimum atomic E-state index is -0.234. The van der Waals surface area contributed by atoms with Crippen molar-refractivity contribution in [1.29, 1.82) is 0 Å². The Hall–Kier alpha value is -3.86. The highest BCUT2D eigenvalue weighted by Gasteiger charge is 2.25. The first-order valence-electron chi connectivity index (χ1n) is 9.34. The lowest BCUT2D eigenvalue weighted by Gasteiger charge is -2.29. The van der Waals surface area contributed by atoms with Crippen molar-refractivity contribution in [2.24, 2.45) is 0 Å². The fraction of sp³-hybridized carbons (Fsp3) is 0.0833. The monoisotopic (exact) mass is 384 g/mol. The molecule has 5 nitrogen and oxygen atoms in total. The van der Waals surface area contributed by atoms with Gasteiger partial charge in [-0.3, -0.25) is 9.59 Å². The third kappa shape index (κ3) is 4.52. The van der Waals surface area contributed by atoms with Crippen LogP contribution in [0.5, 0.6) is 5.75 Å². The second-order valence-electron chi connectivity index (χ2n) is 6.67. The summed E-state index contributed by atoms with van der Waals surface area (Å²) in [6.07, 6.45) is 3.24. The van der Waals surface area contributed by atoms with Gasteiger partial charge >= 0.3 is 0 Å². The van der Waals surface area contributed by atoms with E-state index in [9.17, 15) is 9.59 Å². The van der Waals surface area contributed by atoms with E-state index in [4.69, 9.17) is 4.74 Å². The standard InChI is InChI=1S/C24H20N2O3/c27-23(14-11-18-7-3-1-4-8-18)25-20-12-13-21-22(15-20)29-17-24(28)26(21)16-19-9-5-2-6-10-19/h1-15H,16-17H2,(H,25,27)/b14-11+. The summed E-state index contributed by atoms with van der Waals surface area (Å²) in [5, 5.41) is 2.83. The highest BCUT2D eigenvalue weighted by Crippen LogP contribution is 2.35. The number of amides is 2. The second kappa shape index (κ2) is 8.44. The Kier molecular flexibility index (Phi) is 5.38. The smallest absolute Gasteiger partial charge is 0.265 e. The molecular weight excluding hydrogens is 364 g/mol.